The zero-order valence-electron chi connectivity index (χ0n) is 14.5. The van der Waals surface area contributed by atoms with Gasteiger partial charge in [0.05, 0.1) is 18.0 Å². The van der Waals surface area contributed by atoms with E-state index in [0.717, 1.165) is 30.8 Å². The van der Waals surface area contributed by atoms with E-state index in [1.54, 1.807) is 18.3 Å². The molecule has 0 spiro atoms. The number of hydrogen-bond acceptors (Lipinski definition) is 3. The molecule has 4 nitrogen and oxygen atoms in total. The highest BCUT2D eigenvalue weighted by molar-refractivity contribution is 5.32. The van der Waals surface area contributed by atoms with Crippen LogP contribution in [0.25, 0.3) is 5.69 Å². The highest BCUT2D eigenvalue weighted by Gasteiger charge is 2.29. The first kappa shape index (κ1) is 16.9. The molecule has 4 rings (SSSR count). The Morgan fingerprint density at radius 2 is 1.96 bits per heavy atom. The number of hydrogen-bond donors (Lipinski definition) is 1. The number of piperidine rings is 1. The summed E-state index contributed by atoms with van der Waals surface area (Å²) in [6, 6.07) is 14.6. The van der Waals surface area contributed by atoms with E-state index in [9.17, 15) is 9.50 Å². The van der Waals surface area contributed by atoms with Crippen LogP contribution < -0.4 is 0 Å². The summed E-state index contributed by atoms with van der Waals surface area (Å²) in [5, 5.41) is 10.6. The van der Waals surface area contributed by atoms with Crippen LogP contribution >= 0.6 is 0 Å². The molecule has 3 aromatic rings. The van der Waals surface area contributed by atoms with Gasteiger partial charge in [0.2, 0.25) is 0 Å². The number of aliphatic hydroxyl groups excluding tert-OH is 1. The lowest BCUT2D eigenvalue weighted by molar-refractivity contribution is 0.0469. The second-order valence-corrected chi connectivity index (χ2v) is 6.83. The van der Waals surface area contributed by atoms with Crippen molar-refractivity contribution in [3.8, 4) is 5.69 Å². The lowest BCUT2D eigenvalue weighted by Gasteiger charge is -2.36. The molecule has 0 saturated carbocycles. The lowest BCUT2D eigenvalue weighted by atomic mass is 9.87. The van der Waals surface area contributed by atoms with Gasteiger partial charge in [0, 0.05) is 37.1 Å². The molecule has 0 unspecified atom stereocenters. The lowest BCUT2D eigenvalue weighted by Crippen LogP contribution is -2.42. The zero-order valence-corrected chi connectivity index (χ0v) is 14.5. The molecule has 0 amide bonds. The Kier molecular flexibility index (Phi) is 4.82. The molecule has 134 valence electrons. The molecular weight excluding hydrogens is 329 g/mol. The summed E-state index contributed by atoms with van der Waals surface area (Å²) in [5.74, 6) is -0.172. The molecule has 1 saturated heterocycles. The maximum Gasteiger partial charge on any atom is 0.123 e. The monoisotopic (exact) mass is 351 g/mol. The van der Waals surface area contributed by atoms with Crippen LogP contribution in [0.4, 0.5) is 4.39 Å². The van der Waals surface area contributed by atoms with Gasteiger partial charge in [-0.2, -0.15) is 0 Å². The second-order valence-electron chi connectivity index (χ2n) is 6.83. The summed E-state index contributed by atoms with van der Waals surface area (Å²) in [6.07, 6.45) is 6.06. The molecule has 2 atom stereocenters. The number of nitrogens with zero attached hydrogens (tertiary/aromatic N) is 3. The van der Waals surface area contributed by atoms with Crippen LogP contribution in [0.15, 0.2) is 67.1 Å². The molecule has 1 aromatic carbocycles. The third-order valence-electron chi connectivity index (χ3n) is 5.11. The maximum atomic E-state index is 13.1. The fraction of sp³-hybridized carbons (Fsp3) is 0.286. The topological polar surface area (TPSA) is 41.3 Å². The average Bonchev–Trinajstić information content (AvgIpc) is 3.12. The summed E-state index contributed by atoms with van der Waals surface area (Å²) in [6.45, 7) is 2.28. The summed E-state index contributed by atoms with van der Waals surface area (Å²) >= 11 is 0. The van der Waals surface area contributed by atoms with Crippen LogP contribution in [0.5, 0.6) is 0 Å². The Balaban J connectivity index is 1.44. The van der Waals surface area contributed by atoms with Gasteiger partial charge in [0.15, 0.2) is 0 Å². The van der Waals surface area contributed by atoms with Gasteiger partial charge in [0.25, 0.3) is 0 Å². The molecule has 1 N–H and O–H groups in total. The van der Waals surface area contributed by atoms with E-state index in [0.29, 0.717) is 6.54 Å². The molecule has 5 heteroatoms. The first-order valence-electron chi connectivity index (χ1n) is 8.93. The van der Waals surface area contributed by atoms with Crippen molar-refractivity contribution in [3.05, 3.63) is 84.2 Å². The molecule has 26 heavy (non-hydrogen) atoms. The average molecular weight is 351 g/mol. The van der Waals surface area contributed by atoms with Gasteiger partial charge in [-0.05, 0) is 54.9 Å². The van der Waals surface area contributed by atoms with Crippen molar-refractivity contribution in [1.82, 2.24) is 14.5 Å². The smallest absolute Gasteiger partial charge is 0.123 e. The minimum atomic E-state index is -0.448. The summed E-state index contributed by atoms with van der Waals surface area (Å²) in [5.41, 5.74) is 3.22. The molecule has 0 radical (unpaired) electrons. The Labute approximate surface area is 152 Å². The predicted molar refractivity (Wildman–Crippen MR) is 98.6 cm³/mol. The quantitative estimate of drug-likeness (QED) is 0.784. The van der Waals surface area contributed by atoms with Gasteiger partial charge in [-0.3, -0.25) is 9.88 Å². The van der Waals surface area contributed by atoms with Crippen molar-refractivity contribution in [2.75, 3.05) is 13.1 Å². The Morgan fingerprint density at radius 1 is 1.12 bits per heavy atom. The first-order chi connectivity index (χ1) is 12.7. The standard InChI is InChI=1S/C21H22FN3O/c22-17-7-5-16(6-8-17)20-9-12-24(15-21(20)26)14-19-4-2-11-25(19)18-3-1-10-23-13-18/h1-8,10-11,13,20-21,26H,9,12,14-15H2/t20-,21+/m0/s1. The number of aromatic nitrogens is 2. The fourth-order valence-electron chi connectivity index (χ4n) is 3.76. The maximum absolute atomic E-state index is 13.1. The van der Waals surface area contributed by atoms with Crippen LogP contribution in [0.2, 0.25) is 0 Å². The Morgan fingerprint density at radius 3 is 2.69 bits per heavy atom. The third kappa shape index (κ3) is 3.54. The normalized spacial score (nSPS) is 21.0. The Hall–Kier alpha value is -2.50. The number of pyridine rings is 1. The molecule has 3 heterocycles. The number of aliphatic hydroxyl groups is 1. The largest absolute Gasteiger partial charge is 0.391 e. The molecule has 0 bridgehead atoms. The van der Waals surface area contributed by atoms with E-state index in [4.69, 9.17) is 0 Å². The number of halogens is 1. The van der Waals surface area contributed by atoms with Crippen LogP contribution in [0.1, 0.15) is 23.6 Å². The van der Waals surface area contributed by atoms with Crippen LogP contribution in [0.3, 0.4) is 0 Å². The van der Waals surface area contributed by atoms with Gasteiger partial charge in [0.1, 0.15) is 5.82 Å². The van der Waals surface area contributed by atoms with Crippen LogP contribution in [-0.4, -0.2) is 38.8 Å². The van der Waals surface area contributed by atoms with E-state index in [1.165, 1.54) is 17.8 Å². The molecule has 2 aromatic heterocycles. The summed E-state index contributed by atoms with van der Waals surface area (Å²) in [4.78, 5) is 6.46. The third-order valence-corrected chi connectivity index (χ3v) is 5.11. The summed E-state index contributed by atoms with van der Waals surface area (Å²) in [7, 11) is 0. The van der Waals surface area contributed by atoms with Crippen molar-refractivity contribution < 1.29 is 9.50 Å². The zero-order chi connectivity index (χ0) is 17.9. The van der Waals surface area contributed by atoms with Gasteiger partial charge in [-0.1, -0.05) is 12.1 Å². The number of β-amino-alcohol motifs (C(OH)–C–C–N with tert-alkyl or cyclic N) is 1. The molecule has 1 aliphatic heterocycles. The fourth-order valence-corrected chi connectivity index (χ4v) is 3.76. The summed E-state index contributed by atoms with van der Waals surface area (Å²) < 4.78 is 15.3. The molecule has 1 fully saturated rings. The van der Waals surface area contributed by atoms with E-state index < -0.39 is 6.10 Å². The van der Waals surface area contributed by atoms with Crippen molar-refractivity contribution in [1.29, 1.82) is 0 Å². The van der Waals surface area contributed by atoms with Crippen molar-refractivity contribution in [2.24, 2.45) is 0 Å². The van der Waals surface area contributed by atoms with Crippen molar-refractivity contribution >= 4 is 0 Å². The van der Waals surface area contributed by atoms with Crippen LogP contribution in [0, 0.1) is 5.82 Å². The minimum Gasteiger partial charge on any atom is -0.391 e. The Bertz CT molecular complexity index is 847. The first-order valence-corrected chi connectivity index (χ1v) is 8.93. The highest BCUT2D eigenvalue weighted by Crippen LogP contribution is 2.29. The number of likely N-dealkylation sites (tertiary alicyclic amines) is 1. The van der Waals surface area contributed by atoms with Gasteiger partial charge in [-0.15, -0.1) is 0 Å². The second kappa shape index (κ2) is 7.40. The highest BCUT2D eigenvalue weighted by atomic mass is 19.1. The van der Waals surface area contributed by atoms with E-state index >= 15 is 0 Å². The predicted octanol–water partition coefficient (Wildman–Crippen LogP) is 3.36. The number of benzene rings is 1. The van der Waals surface area contributed by atoms with Crippen LogP contribution in [-0.2, 0) is 6.54 Å². The van der Waals surface area contributed by atoms with E-state index in [2.05, 4.69) is 20.5 Å². The van der Waals surface area contributed by atoms with Gasteiger partial charge >= 0.3 is 0 Å². The van der Waals surface area contributed by atoms with E-state index in [1.807, 2.05) is 30.6 Å². The molecule has 1 aliphatic rings. The van der Waals surface area contributed by atoms with Gasteiger partial charge in [-0.25, -0.2) is 4.39 Å². The molecular formula is C21H22FN3O. The van der Waals surface area contributed by atoms with Crippen molar-refractivity contribution in [2.45, 2.75) is 25.0 Å². The van der Waals surface area contributed by atoms with Crippen molar-refractivity contribution in [3.63, 3.8) is 0 Å². The van der Waals surface area contributed by atoms with Gasteiger partial charge < -0.3 is 9.67 Å². The number of rotatable bonds is 4. The molecule has 0 aliphatic carbocycles. The SMILES string of the molecule is O[C@@H]1CN(Cc2cccn2-c2cccnc2)CC[C@H]1c1ccc(F)cc1. The van der Waals surface area contributed by atoms with E-state index in [-0.39, 0.29) is 11.7 Å². The minimum absolute atomic E-state index is 0.0666.